The van der Waals surface area contributed by atoms with Crippen LogP contribution in [0.1, 0.15) is 16.1 Å². The smallest absolute Gasteiger partial charge is 0.229 e. The Morgan fingerprint density at radius 1 is 1.10 bits per heavy atom. The van der Waals surface area contributed by atoms with Crippen LogP contribution in [0, 0.1) is 0 Å². The molecule has 100 valence electrons. The summed E-state index contributed by atoms with van der Waals surface area (Å²) >= 11 is 15.3. The third kappa shape index (κ3) is 2.37. The second-order valence-electron chi connectivity index (χ2n) is 4.22. The number of hydrogen-bond acceptors (Lipinski definition) is 2. The molecular weight excluding hydrogens is 363 g/mol. The molecule has 0 unspecified atom stereocenters. The van der Waals surface area contributed by atoms with Gasteiger partial charge in [0, 0.05) is 20.4 Å². The van der Waals surface area contributed by atoms with E-state index in [9.17, 15) is 4.79 Å². The molecule has 0 aliphatic heterocycles. The molecule has 2 nitrogen and oxygen atoms in total. The largest absolute Gasteiger partial charge is 0.453 e. The van der Waals surface area contributed by atoms with Gasteiger partial charge in [-0.3, -0.25) is 4.79 Å². The summed E-state index contributed by atoms with van der Waals surface area (Å²) in [5, 5.41) is 1.75. The molecule has 3 aromatic rings. The molecular formula is C15H7BrCl2O2. The van der Waals surface area contributed by atoms with Crippen molar-refractivity contribution in [2.75, 3.05) is 0 Å². The minimum atomic E-state index is -0.261. The van der Waals surface area contributed by atoms with Gasteiger partial charge in [0.05, 0.1) is 5.02 Å². The lowest BCUT2D eigenvalue weighted by atomic mass is 10.1. The van der Waals surface area contributed by atoms with Crippen molar-refractivity contribution in [2.45, 2.75) is 0 Å². The predicted molar refractivity (Wildman–Crippen MR) is 83.8 cm³/mol. The summed E-state index contributed by atoms with van der Waals surface area (Å²) in [6, 6.07) is 12.1. The maximum absolute atomic E-state index is 12.4. The topological polar surface area (TPSA) is 30.2 Å². The number of furan rings is 1. The highest BCUT2D eigenvalue weighted by Crippen LogP contribution is 2.30. The highest BCUT2D eigenvalue weighted by molar-refractivity contribution is 9.10. The van der Waals surface area contributed by atoms with E-state index in [1.807, 2.05) is 0 Å². The monoisotopic (exact) mass is 368 g/mol. The lowest BCUT2D eigenvalue weighted by molar-refractivity contribution is 0.101. The van der Waals surface area contributed by atoms with E-state index in [0.29, 0.717) is 25.7 Å². The Morgan fingerprint density at radius 3 is 2.70 bits per heavy atom. The van der Waals surface area contributed by atoms with Crippen molar-refractivity contribution >= 4 is 55.9 Å². The number of hydrogen-bond donors (Lipinski definition) is 0. The molecule has 0 bridgehead atoms. The first-order chi connectivity index (χ1) is 9.56. The van der Waals surface area contributed by atoms with Gasteiger partial charge in [0.15, 0.2) is 5.76 Å². The van der Waals surface area contributed by atoms with E-state index in [-0.39, 0.29) is 11.5 Å². The van der Waals surface area contributed by atoms with Gasteiger partial charge in [-0.25, -0.2) is 0 Å². The van der Waals surface area contributed by atoms with Gasteiger partial charge in [0.1, 0.15) is 5.58 Å². The minimum absolute atomic E-state index is 0.238. The van der Waals surface area contributed by atoms with Crippen molar-refractivity contribution in [1.29, 1.82) is 0 Å². The van der Waals surface area contributed by atoms with Gasteiger partial charge >= 0.3 is 0 Å². The summed E-state index contributed by atoms with van der Waals surface area (Å²) in [5.41, 5.74) is 1.01. The van der Waals surface area contributed by atoms with Gasteiger partial charge in [0.25, 0.3) is 0 Å². The highest BCUT2D eigenvalue weighted by Gasteiger charge is 2.18. The van der Waals surface area contributed by atoms with Crippen molar-refractivity contribution in [3.63, 3.8) is 0 Å². The standard InChI is InChI=1S/C15H7BrCl2O2/c16-11-3-1-2-10(14(11)18)15(19)13-7-8-6-9(17)4-5-12(8)20-13/h1-7H. The molecule has 0 N–H and O–H groups in total. The van der Waals surface area contributed by atoms with Crippen LogP contribution in [0.25, 0.3) is 11.0 Å². The summed E-state index contributed by atoms with van der Waals surface area (Å²) in [6.45, 7) is 0. The zero-order chi connectivity index (χ0) is 14.3. The number of halogens is 3. The third-order valence-corrected chi connectivity index (χ3v) is 4.43. The number of fused-ring (bicyclic) bond motifs is 1. The van der Waals surface area contributed by atoms with Crippen molar-refractivity contribution in [3.05, 3.63) is 68.3 Å². The summed E-state index contributed by atoms with van der Waals surface area (Å²) in [6.07, 6.45) is 0. The molecule has 0 aliphatic rings. The van der Waals surface area contributed by atoms with Crippen LogP contribution in [0.4, 0.5) is 0 Å². The lowest BCUT2D eigenvalue weighted by Gasteiger charge is -2.02. The van der Waals surface area contributed by atoms with E-state index < -0.39 is 0 Å². The summed E-state index contributed by atoms with van der Waals surface area (Å²) in [5.74, 6) is -0.0223. The molecule has 1 aromatic heterocycles. The fourth-order valence-electron chi connectivity index (χ4n) is 1.94. The van der Waals surface area contributed by atoms with E-state index in [1.54, 1.807) is 42.5 Å². The van der Waals surface area contributed by atoms with Crippen LogP contribution in [-0.4, -0.2) is 5.78 Å². The first-order valence-corrected chi connectivity index (χ1v) is 7.29. The molecule has 2 aromatic carbocycles. The van der Waals surface area contributed by atoms with Crippen molar-refractivity contribution < 1.29 is 9.21 Å². The molecule has 0 fully saturated rings. The molecule has 20 heavy (non-hydrogen) atoms. The third-order valence-electron chi connectivity index (χ3n) is 2.90. The Morgan fingerprint density at radius 2 is 1.90 bits per heavy atom. The Labute approximate surface area is 133 Å². The molecule has 0 amide bonds. The maximum Gasteiger partial charge on any atom is 0.229 e. The van der Waals surface area contributed by atoms with Crippen LogP contribution >= 0.6 is 39.1 Å². The molecule has 0 radical (unpaired) electrons. The summed E-state index contributed by atoms with van der Waals surface area (Å²) in [7, 11) is 0. The van der Waals surface area contributed by atoms with Crippen LogP contribution < -0.4 is 0 Å². The fourth-order valence-corrected chi connectivity index (χ4v) is 2.70. The first-order valence-electron chi connectivity index (χ1n) is 5.74. The van der Waals surface area contributed by atoms with Gasteiger partial charge in [-0.2, -0.15) is 0 Å². The average molecular weight is 370 g/mol. The molecule has 1 heterocycles. The van der Waals surface area contributed by atoms with E-state index >= 15 is 0 Å². The van der Waals surface area contributed by atoms with Crippen molar-refractivity contribution in [3.8, 4) is 0 Å². The van der Waals surface area contributed by atoms with Gasteiger partial charge in [-0.1, -0.05) is 29.3 Å². The zero-order valence-corrected chi connectivity index (χ0v) is 13.1. The van der Waals surface area contributed by atoms with Gasteiger partial charge < -0.3 is 4.42 Å². The molecule has 0 atom stereocenters. The van der Waals surface area contributed by atoms with Gasteiger partial charge in [-0.15, -0.1) is 0 Å². The maximum atomic E-state index is 12.4. The SMILES string of the molecule is O=C(c1cc2cc(Cl)ccc2o1)c1cccc(Br)c1Cl. The molecule has 3 rings (SSSR count). The second kappa shape index (κ2) is 5.24. The lowest BCUT2D eigenvalue weighted by Crippen LogP contribution is -2.00. The molecule has 0 saturated carbocycles. The van der Waals surface area contributed by atoms with Crippen LogP contribution in [0.5, 0.6) is 0 Å². The molecule has 0 saturated heterocycles. The van der Waals surface area contributed by atoms with E-state index in [4.69, 9.17) is 27.6 Å². The normalized spacial score (nSPS) is 10.9. The van der Waals surface area contributed by atoms with Gasteiger partial charge in [0.2, 0.25) is 5.78 Å². The predicted octanol–water partition coefficient (Wildman–Crippen LogP) is 5.73. The van der Waals surface area contributed by atoms with Gasteiger partial charge in [-0.05, 0) is 52.3 Å². The van der Waals surface area contributed by atoms with E-state index in [2.05, 4.69) is 15.9 Å². The van der Waals surface area contributed by atoms with Crippen molar-refractivity contribution in [2.24, 2.45) is 0 Å². The second-order valence-corrected chi connectivity index (χ2v) is 5.89. The first kappa shape index (κ1) is 13.7. The average Bonchev–Trinajstić information content (AvgIpc) is 2.84. The summed E-state index contributed by atoms with van der Waals surface area (Å²) in [4.78, 5) is 12.4. The number of benzene rings is 2. The Balaban J connectivity index is 2.10. The van der Waals surface area contributed by atoms with E-state index in [0.717, 1.165) is 5.39 Å². The summed E-state index contributed by atoms with van der Waals surface area (Å²) < 4.78 is 6.22. The molecule has 0 spiro atoms. The number of ketones is 1. The number of carbonyl (C=O) groups is 1. The van der Waals surface area contributed by atoms with Crippen molar-refractivity contribution in [1.82, 2.24) is 0 Å². The Bertz CT molecular complexity index is 824. The van der Waals surface area contributed by atoms with Crippen LogP contribution in [0.3, 0.4) is 0 Å². The van der Waals surface area contributed by atoms with E-state index in [1.165, 1.54) is 0 Å². The van der Waals surface area contributed by atoms with Crippen LogP contribution in [-0.2, 0) is 0 Å². The number of carbonyl (C=O) groups excluding carboxylic acids is 1. The quantitative estimate of drug-likeness (QED) is 0.539. The Kier molecular flexibility index (Phi) is 3.59. The minimum Gasteiger partial charge on any atom is -0.453 e. The fraction of sp³-hybridized carbons (Fsp3) is 0. The Hall–Kier alpha value is -1.29. The zero-order valence-electron chi connectivity index (χ0n) is 9.99. The molecule has 5 heteroatoms. The molecule has 0 aliphatic carbocycles. The number of rotatable bonds is 2. The van der Waals surface area contributed by atoms with Crippen LogP contribution in [0.15, 0.2) is 51.4 Å². The highest BCUT2D eigenvalue weighted by atomic mass is 79.9. The van der Waals surface area contributed by atoms with Crippen LogP contribution in [0.2, 0.25) is 10.0 Å².